The Labute approximate surface area is 115 Å². The minimum Gasteiger partial charge on any atom is -0.453 e. The van der Waals surface area contributed by atoms with Crippen molar-refractivity contribution < 1.29 is 9.53 Å². The fraction of sp³-hybridized carbons (Fsp3) is 0.636. The highest BCUT2D eigenvalue weighted by Crippen LogP contribution is 2.42. The molecular formula is C11H17BrN2O2S. The summed E-state index contributed by atoms with van der Waals surface area (Å²) in [6, 6.07) is 0. The summed E-state index contributed by atoms with van der Waals surface area (Å²) in [4.78, 5) is 15.9. The Kier molecular flexibility index (Phi) is 4.19. The van der Waals surface area contributed by atoms with E-state index in [0.29, 0.717) is 17.5 Å². The number of hydrogen-bond donors (Lipinski definition) is 1. The van der Waals surface area contributed by atoms with E-state index in [0.717, 1.165) is 5.69 Å². The molecule has 0 spiro atoms. The molecule has 2 atom stereocenters. The van der Waals surface area contributed by atoms with Gasteiger partial charge in [0, 0.05) is 11.8 Å². The highest BCUT2D eigenvalue weighted by molar-refractivity contribution is 8.93. The van der Waals surface area contributed by atoms with Gasteiger partial charge in [0.15, 0.2) is 10.7 Å². The van der Waals surface area contributed by atoms with Crippen LogP contribution in [0.3, 0.4) is 0 Å². The Morgan fingerprint density at radius 1 is 1.65 bits per heavy atom. The third-order valence-corrected chi connectivity index (χ3v) is 3.78. The highest BCUT2D eigenvalue weighted by atomic mass is 79.9. The lowest BCUT2D eigenvalue weighted by molar-refractivity contribution is -0.151. The number of cyclic esters (lactones) is 1. The number of rotatable bonds is 2. The molecule has 2 unspecified atom stereocenters. The minimum absolute atomic E-state index is 0. The maximum absolute atomic E-state index is 11.7. The number of carbonyl (C=O) groups is 1. The van der Waals surface area contributed by atoms with Crippen LogP contribution < -0.4 is 5.73 Å². The van der Waals surface area contributed by atoms with Crippen molar-refractivity contribution in [2.45, 2.75) is 32.8 Å². The maximum atomic E-state index is 11.7. The first-order chi connectivity index (χ1) is 7.42. The Hall–Kier alpha value is -0.620. The Morgan fingerprint density at radius 2 is 2.29 bits per heavy atom. The molecule has 0 saturated carbocycles. The zero-order valence-electron chi connectivity index (χ0n) is 10.1. The van der Waals surface area contributed by atoms with E-state index >= 15 is 0 Å². The number of hydrogen-bond acceptors (Lipinski definition) is 5. The van der Waals surface area contributed by atoms with Crippen LogP contribution in [0.25, 0.3) is 0 Å². The van der Waals surface area contributed by atoms with Gasteiger partial charge in [-0.15, -0.1) is 28.3 Å². The highest BCUT2D eigenvalue weighted by Gasteiger charge is 2.46. The molecule has 0 aromatic carbocycles. The number of thiazole rings is 1. The number of halogens is 1. The van der Waals surface area contributed by atoms with E-state index < -0.39 is 5.60 Å². The molecule has 1 aliphatic heterocycles. The molecule has 0 aliphatic carbocycles. The number of nitrogens with two attached hydrogens (primary N) is 1. The molecule has 4 nitrogen and oxygen atoms in total. The lowest BCUT2D eigenvalue weighted by atomic mass is 9.87. The van der Waals surface area contributed by atoms with Crippen LogP contribution in [-0.2, 0) is 15.1 Å². The maximum Gasteiger partial charge on any atom is 0.310 e. The van der Waals surface area contributed by atoms with Crippen LogP contribution in [-0.4, -0.2) is 11.0 Å². The largest absolute Gasteiger partial charge is 0.453 e. The third kappa shape index (κ3) is 2.63. The number of nitrogens with zero attached hydrogens (tertiary/aromatic N) is 1. The van der Waals surface area contributed by atoms with Crippen LogP contribution >= 0.6 is 28.3 Å². The smallest absolute Gasteiger partial charge is 0.310 e. The molecule has 6 heteroatoms. The first-order valence-corrected chi connectivity index (χ1v) is 6.24. The second-order valence-electron chi connectivity index (χ2n) is 4.78. The average Bonchev–Trinajstić information content (AvgIpc) is 2.71. The molecule has 0 radical (unpaired) electrons. The topological polar surface area (TPSA) is 65.2 Å². The lowest BCUT2D eigenvalue weighted by Crippen LogP contribution is -2.21. The number of carbonyl (C=O) groups excluding carboxylic acids is 1. The molecule has 0 bridgehead atoms. The number of anilines is 1. The average molecular weight is 321 g/mol. The van der Waals surface area contributed by atoms with Crippen molar-refractivity contribution in [3.63, 3.8) is 0 Å². The molecular weight excluding hydrogens is 304 g/mol. The molecule has 1 saturated heterocycles. The molecule has 2 heterocycles. The number of esters is 1. The van der Waals surface area contributed by atoms with E-state index in [2.05, 4.69) is 4.98 Å². The fourth-order valence-electron chi connectivity index (χ4n) is 2.04. The Balaban J connectivity index is 0.00000144. The van der Waals surface area contributed by atoms with E-state index in [1.165, 1.54) is 11.3 Å². The molecule has 17 heavy (non-hydrogen) atoms. The lowest BCUT2D eigenvalue weighted by Gasteiger charge is -2.20. The number of ether oxygens (including phenoxy) is 1. The first kappa shape index (κ1) is 14.4. The van der Waals surface area contributed by atoms with Crippen molar-refractivity contribution in [3.05, 3.63) is 11.1 Å². The van der Waals surface area contributed by atoms with Crippen molar-refractivity contribution >= 4 is 39.4 Å². The molecule has 2 N–H and O–H groups in total. The summed E-state index contributed by atoms with van der Waals surface area (Å²) >= 11 is 1.38. The van der Waals surface area contributed by atoms with E-state index in [9.17, 15) is 4.79 Å². The van der Waals surface area contributed by atoms with Gasteiger partial charge >= 0.3 is 5.97 Å². The van der Waals surface area contributed by atoms with Gasteiger partial charge in [0.05, 0.1) is 11.6 Å². The molecule has 1 fully saturated rings. The minimum atomic E-state index is -0.597. The summed E-state index contributed by atoms with van der Waals surface area (Å²) in [5.41, 5.74) is 5.77. The van der Waals surface area contributed by atoms with Crippen molar-refractivity contribution in [1.82, 2.24) is 4.98 Å². The van der Waals surface area contributed by atoms with Crippen LogP contribution in [0.4, 0.5) is 5.13 Å². The van der Waals surface area contributed by atoms with Gasteiger partial charge in [-0.25, -0.2) is 4.98 Å². The summed E-state index contributed by atoms with van der Waals surface area (Å²) in [6.45, 7) is 5.97. The summed E-state index contributed by atoms with van der Waals surface area (Å²) in [5, 5.41) is 2.38. The summed E-state index contributed by atoms with van der Waals surface area (Å²) in [7, 11) is 0. The van der Waals surface area contributed by atoms with Gasteiger partial charge in [-0.1, -0.05) is 13.8 Å². The van der Waals surface area contributed by atoms with Gasteiger partial charge in [0.1, 0.15) is 0 Å². The van der Waals surface area contributed by atoms with Gasteiger partial charge in [-0.3, -0.25) is 4.79 Å². The molecule has 2 rings (SSSR count). The Bertz CT molecular complexity index is 421. The van der Waals surface area contributed by atoms with E-state index in [4.69, 9.17) is 10.5 Å². The third-order valence-electron chi connectivity index (χ3n) is 3.11. The molecule has 0 amide bonds. The number of aromatic nitrogens is 1. The van der Waals surface area contributed by atoms with Crippen LogP contribution in [0, 0.1) is 11.8 Å². The standard InChI is InChI=1S/C11H16N2O2S.BrH/c1-6(2)7-4-11(3,15-9(7)14)8-5-16-10(12)13-8;/h5-7H,4H2,1-3H3,(H2,12,13);1H. The van der Waals surface area contributed by atoms with Gasteiger partial charge in [-0.2, -0.15) is 0 Å². The summed E-state index contributed by atoms with van der Waals surface area (Å²) < 4.78 is 5.47. The molecule has 96 valence electrons. The quantitative estimate of drug-likeness (QED) is 0.851. The fourth-order valence-corrected chi connectivity index (χ4v) is 2.72. The van der Waals surface area contributed by atoms with Crippen LogP contribution in [0.1, 0.15) is 32.9 Å². The van der Waals surface area contributed by atoms with Gasteiger partial charge in [-0.05, 0) is 12.8 Å². The molecule has 1 aromatic rings. The van der Waals surface area contributed by atoms with Crippen molar-refractivity contribution in [2.24, 2.45) is 11.8 Å². The Morgan fingerprint density at radius 3 is 2.71 bits per heavy atom. The summed E-state index contributed by atoms with van der Waals surface area (Å²) in [6.07, 6.45) is 0.687. The zero-order chi connectivity index (χ0) is 11.9. The molecule has 1 aliphatic rings. The second kappa shape index (κ2) is 4.94. The van der Waals surface area contributed by atoms with E-state index in [1.54, 1.807) is 0 Å². The molecule has 1 aromatic heterocycles. The monoisotopic (exact) mass is 320 g/mol. The predicted octanol–water partition coefficient (Wildman–Crippen LogP) is 2.74. The zero-order valence-corrected chi connectivity index (χ0v) is 12.6. The van der Waals surface area contributed by atoms with E-state index in [1.807, 2.05) is 26.2 Å². The van der Waals surface area contributed by atoms with Gasteiger partial charge < -0.3 is 10.5 Å². The summed E-state index contributed by atoms with van der Waals surface area (Å²) in [5.74, 6) is 0.141. The van der Waals surface area contributed by atoms with E-state index in [-0.39, 0.29) is 28.9 Å². The van der Waals surface area contributed by atoms with Crippen molar-refractivity contribution in [3.8, 4) is 0 Å². The van der Waals surface area contributed by atoms with Crippen LogP contribution in [0.2, 0.25) is 0 Å². The van der Waals surface area contributed by atoms with Crippen LogP contribution in [0.5, 0.6) is 0 Å². The van der Waals surface area contributed by atoms with Crippen molar-refractivity contribution in [1.29, 1.82) is 0 Å². The second-order valence-corrected chi connectivity index (χ2v) is 5.67. The van der Waals surface area contributed by atoms with Crippen molar-refractivity contribution in [2.75, 3.05) is 5.73 Å². The van der Waals surface area contributed by atoms with Gasteiger partial charge in [0.25, 0.3) is 0 Å². The first-order valence-electron chi connectivity index (χ1n) is 5.37. The normalized spacial score (nSPS) is 28.0. The SMILES string of the molecule is Br.CC(C)C1CC(C)(c2csc(N)n2)OC1=O. The number of nitrogen functional groups attached to an aromatic ring is 1. The predicted molar refractivity (Wildman–Crippen MR) is 73.2 cm³/mol. The van der Waals surface area contributed by atoms with Gasteiger partial charge in [0.2, 0.25) is 0 Å². The van der Waals surface area contributed by atoms with Crippen LogP contribution in [0.15, 0.2) is 5.38 Å².